The van der Waals surface area contributed by atoms with Crippen molar-refractivity contribution in [1.82, 2.24) is 5.32 Å². The molecule has 0 aromatic heterocycles. The highest BCUT2D eigenvalue weighted by Crippen LogP contribution is 2.18. The van der Waals surface area contributed by atoms with Crippen LogP contribution in [0.4, 0.5) is 0 Å². The zero-order chi connectivity index (χ0) is 45.6. The highest BCUT2D eigenvalue weighted by molar-refractivity contribution is 5.76. The summed E-state index contributed by atoms with van der Waals surface area (Å²) in [6, 6.07) is -0.534. The number of hydrogen-bond donors (Lipinski definition) is 3. The Labute approximate surface area is 397 Å². The number of carbonyl (C=O) groups is 1. The van der Waals surface area contributed by atoms with Gasteiger partial charge in [0.2, 0.25) is 5.91 Å². The third-order valence-electron chi connectivity index (χ3n) is 14.0. The summed E-state index contributed by atoms with van der Waals surface area (Å²) in [7, 11) is 0. The molecule has 0 saturated carbocycles. The van der Waals surface area contributed by atoms with E-state index in [0.29, 0.717) is 12.8 Å². The third kappa shape index (κ3) is 52.0. The maximum Gasteiger partial charge on any atom is 0.220 e. The number of unbranched alkanes of at least 4 members (excludes halogenated alkanes) is 46. The van der Waals surface area contributed by atoms with Crippen LogP contribution in [0.15, 0.2) is 12.2 Å². The lowest BCUT2D eigenvalue weighted by atomic mass is 10.0. The molecule has 2 unspecified atom stereocenters. The molecule has 0 bridgehead atoms. The molecule has 1 amide bonds. The van der Waals surface area contributed by atoms with E-state index in [4.69, 9.17) is 0 Å². The minimum absolute atomic E-state index is 0.0241. The number of aliphatic hydroxyl groups is 2. The first-order valence-corrected chi connectivity index (χ1v) is 29.4. The van der Waals surface area contributed by atoms with Crippen LogP contribution in [0, 0.1) is 0 Å². The molecule has 3 N–H and O–H groups in total. The topological polar surface area (TPSA) is 69.6 Å². The Hall–Kier alpha value is -0.870. The molecule has 0 rings (SSSR count). The summed E-state index contributed by atoms with van der Waals surface area (Å²) < 4.78 is 0. The first-order valence-electron chi connectivity index (χ1n) is 29.4. The summed E-state index contributed by atoms with van der Waals surface area (Å²) >= 11 is 0. The van der Waals surface area contributed by atoms with E-state index in [1.54, 1.807) is 0 Å². The van der Waals surface area contributed by atoms with Gasteiger partial charge in [-0.3, -0.25) is 4.79 Å². The highest BCUT2D eigenvalue weighted by atomic mass is 16.3. The average Bonchev–Trinajstić information content (AvgIpc) is 3.29. The van der Waals surface area contributed by atoms with Crippen LogP contribution in [0.25, 0.3) is 0 Å². The number of hydrogen-bond acceptors (Lipinski definition) is 3. The monoisotopic (exact) mass is 888 g/mol. The van der Waals surface area contributed by atoms with Crippen molar-refractivity contribution in [3.8, 4) is 0 Å². The zero-order valence-electron chi connectivity index (χ0n) is 43.4. The van der Waals surface area contributed by atoms with E-state index >= 15 is 0 Å². The van der Waals surface area contributed by atoms with Crippen molar-refractivity contribution in [2.75, 3.05) is 6.61 Å². The Balaban J connectivity index is 3.41. The lowest BCUT2D eigenvalue weighted by Crippen LogP contribution is -2.45. The van der Waals surface area contributed by atoms with Crippen molar-refractivity contribution in [1.29, 1.82) is 0 Å². The molecule has 0 aliphatic carbocycles. The Morgan fingerprint density at radius 1 is 0.365 bits per heavy atom. The molecule has 0 radical (unpaired) electrons. The number of nitrogens with one attached hydrogen (secondary N) is 1. The van der Waals surface area contributed by atoms with Crippen LogP contribution in [0.5, 0.6) is 0 Å². The molecule has 0 aliphatic heterocycles. The average molecular weight is 889 g/mol. The smallest absolute Gasteiger partial charge is 0.220 e. The van der Waals surface area contributed by atoms with E-state index in [-0.39, 0.29) is 12.5 Å². The number of amides is 1. The summed E-state index contributed by atoms with van der Waals surface area (Å²) in [6.45, 7) is 4.40. The predicted molar refractivity (Wildman–Crippen MR) is 281 cm³/mol. The van der Waals surface area contributed by atoms with Crippen molar-refractivity contribution in [3.63, 3.8) is 0 Å². The number of carbonyl (C=O) groups excluding carboxylic acids is 1. The number of aliphatic hydroxyl groups excluding tert-OH is 2. The van der Waals surface area contributed by atoms with Crippen LogP contribution in [0.3, 0.4) is 0 Å². The number of rotatable bonds is 55. The first kappa shape index (κ1) is 62.1. The molecule has 0 aromatic rings. The molecule has 4 nitrogen and oxygen atoms in total. The quantitative estimate of drug-likeness (QED) is 0.0421. The molecule has 0 aliphatic rings. The predicted octanol–water partition coefficient (Wildman–Crippen LogP) is 19.3. The third-order valence-corrected chi connectivity index (χ3v) is 14.0. The Morgan fingerprint density at radius 3 is 0.873 bits per heavy atom. The van der Waals surface area contributed by atoms with Gasteiger partial charge in [0.25, 0.3) is 0 Å². The molecular formula is C59H117NO3. The van der Waals surface area contributed by atoms with Crippen molar-refractivity contribution in [2.45, 2.75) is 353 Å². The van der Waals surface area contributed by atoms with Gasteiger partial charge in [0.15, 0.2) is 0 Å². The van der Waals surface area contributed by atoms with Crippen molar-refractivity contribution >= 4 is 5.91 Å². The van der Waals surface area contributed by atoms with Crippen LogP contribution < -0.4 is 5.32 Å². The van der Waals surface area contributed by atoms with Gasteiger partial charge in [-0.25, -0.2) is 0 Å². The fraction of sp³-hybridized carbons (Fsp3) is 0.949. The SMILES string of the molecule is CCCCCCCCCCCCCC/C=C\CCCCCCCCCCCCCCCCC(=O)NC(CO)C(O)CCCCCCCCCCCCCCCCCCCCCCC. The van der Waals surface area contributed by atoms with Gasteiger partial charge in [0, 0.05) is 6.42 Å². The van der Waals surface area contributed by atoms with Gasteiger partial charge >= 0.3 is 0 Å². The first-order chi connectivity index (χ1) is 31.2. The Kier molecular flexibility index (Phi) is 54.7. The Bertz CT molecular complexity index is 875. The molecular weight excluding hydrogens is 771 g/mol. The van der Waals surface area contributed by atoms with Gasteiger partial charge in [-0.1, -0.05) is 309 Å². The van der Waals surface area contributed by atoms with Crippen LogP contribution in [-0.4, -0.2) is 34.9 Å². The second kappa shape index (κ2) is 55.5. The summed E-state index contributed by atoms with van der Waals surface area (Å²) in [5.41, 5.74) is 0. The standard InChI is InChI=1S/C59H117NO3/c1-3-5-7-9-11-13-15-17-19-21-23-25-26-27-28-29-30-31-32-33-35-37-39-41-43-45-47-49-51-53-55-59(63)60-57(56-61)58(62)54-52-50-48-46-44-42-40-38-36-34-24-22-20-18-16-14-12-10-8-6-4-2/h27-28,57-58,61-62H,3-26,29-56H2,1-2H3,(H,60,63)/b28-27-. The summed E-state index contributed by atoms with van der Waals surface area (Å²) in [5, 5.41) is 23.4. The molecule has 376 valence electrons. The minimum atomic E-state index is -0.657. The van der Waals surface area contributed by atoms with E-state index in [9.17, 15) is 15.0 Å². The van der Waals surface area contributed by atoms with E-state index in [1.165, 1.54) is 289 Å². The molecule has 0 heterocycles. The lowest BCUT2D eigenvalue weighted by Gasteiger charge is -2.22. The molecule has 0 aromatic carbocycles. The normalized spacial score (nSPS) is 12.8. The van der Waals surface area contributed by atoms with Gasteiger partial charge < -0.3 is 15.5 Å². The zero-order valence-corrected chi connectivity index (χ0v) is 43.4. The van der Waals surface area contributed by atoms with Crippen molar-refractivity contribution in [3.05, 3.63) is 12.2 Å². The molecule has 4 heteroatoms. The molecule has 0 fully saturated rings. The molecule has 0 spiro atoms. The molecule has 0 saturated heterocycles. The van der Waals surface area contributed by atoms with Gasteiger partial charge in [-0.05, 0) is 38.5 Å². The summed E-state index contributed by atoms with van der Waals surface area (Å²) in [6.07, 6.45) is 72.1. The van der Waals surface area contributed by atoms with E-state index < -0.39 is 12.1 Å². The Morgan fingerprint density at radius 2 is 0.603 bits per heavy atom. The molecule has 63 heavy (non-hydrogen) atoms. The van der Waals surface area contributed by atoms with Gasteiger partial charge in [0.1, 0.15) is 0 Å². The van der Waals surface area contributed by atoms with Crippen LogP contribution >= 0.6 is 0 Å². The maximum absolute atomic E-state index is 12.5. The second-order valence-corrected chi connectivity index (χ2v) is 20.4. The van der Waals surface area contributed by atoms with Crippen LogP contribution in [0.2, 0.25) is 0 Å². The fourth-order valence-corrected chi connectivity index (χ4v) is 9.54. The van der Waals surface area contributed by atoms with Gasteiger partial charge in [-0.2, -0.15) is 0 Å². The number of allylic oxidation sites excluding steroid dienone is 2. The second-order valence-electron chi connectivity index (χ2n) is 20.4. The van der Waals surface area contributed by atoms with E-state index in [2.05, 4.69) is 31.3 Å². The van der Waals surface area contributed by atoms with Gasteiger partial charge in [0.05, 0.1) is 18.8 Å². The summed E-state index contributed by atoms with van der Waals surface area (Å²) in [5.74, 6) is -0.0241. The maximum atomic E-state index is 12.5. The largest absolute Gasteiger partial charge is 0.394 e. The minimum Gasteiger partial charge on any atom is -0.394 e. The molecule has 2 atom stereocenters. The van der Waals surface area contributed by atoms with Crippen LogP contribution in [0.1, 0.15) is 341 Å². The fourth-order valence-electron chi connectivity index (χ4n) is 9.54. The van der Waals surface area contributed by atoms with Gasteiger partial charge in [-0.15, -0.1) is 0 Å². The van der Waals surface area contributed by atoms with Crippen molar-refractivity contribution in [2.24, 2.45) is 0 Å². The lowest BCUT2D eigenvalue weighted by molar-refractivity contribution is -0.123. The highest BCUT2D eigenvalue weighted by Gasteiger charge is 2.20. The van der Waals surface area contributed by atoms with Crippen LogP contribution in [-0.2, 0) is 4.79 Å². The van der Waals surface area contributed by atoms with Crippen molar-refractivity contribution < 1.29 is 15.0 Å². The summed E-state index contributed by atoms with van der Waals surface area (Å²) in [4.78, 5) is 12.5. The van der Waals surface area contributed by atoms with E-state index in [0.717, 1.165) is 25.7 Å². The van der Waals surface area contributed by atoms with E-state index in [1.807, 2.05) is 0 Å².